The molecule has 6 heterocycles. The van der Waals surface area contributed by atoms with E-state index in [2.05, 4.69) is 14.9 Å². The van der Waals surface area contributed by atoms with Crippen LogP contribution in [-0.4, -0.2) is 86.6 Å². The first kappa shape index (κ1) is 31.5. The Bertz CT molecular complexity index is 1910. The minimum absolute atomic E-state index is 0.0335. The predicted molar refractivity (Wildman–Crippen MR) is 182 cm³/mol. The smallest absolute Gasteiger partial charge is 0.410 e. The summed E-state index contributed by atoms with van der Waals surface area (Å²) in [5.41, 5.74) is -0.348. The number of anilines is 1. The highest BCUT2D eigenvalue weighted by Crippen LogP contribution is 2.46. The Morgan fingerprint density at radius 2 is 1.77 bits per heavy atom. The van der Waals surface area contributed by atoms with E-state index in [9.17, 15) is 10.0 Å². The highest BCUT2D eigenvalue weighted by atomic mass is 35.5. The second-order valence-corrected chi connectivity index (χ2v) is 15.3. The number of hydroxylamine groups is 3. The van der Waals surface area contributed by atoms with Gasteiger partial charge in [0.1, 0.15) is 34.8 Å². The number of pyridine rings is 1. The number of piperazine rings is 1. The summed E-state index contributed by atoms with van der Waals surface area (Å²) in [4.78, 5) is 31.3. The molecule has 2 aromatic carbocycles. The quantitative estimate of drug-likeness (QED) is 0.161. The van der Waals surface area contributed by atoms with E-state index < -0.39 is 17.0 Å². The van der Waals surface area contributed by atoms with Crippen LogP contribution in [0.15, 0.2) is 42.6 Å². The molecule has 8 rings (SSSR count). The van der Waals surface area contributed by atoms with Crippen LogP contribution in [0.25, 0.3) is 32.9 Å². The van der Waals surface area contributed by atoms with Crippen molar-refractivity contribution in [2.75, 3.05) is 37.7 Å². The largest absolute Gasteiger partial charge is 0.632 e. The molecule has 4 aliphatic heterocycles. The number of halogens is 2. The fourth-order valence-corrected chi connectivity index (χ4v) is 8.89. The molecule has 10 nitrogen and oxygen atoms in total. The fraction of sp³-hybridized carbons (Fsp3) is 0.500. The zero-order valence-electron chi connectivity index (χ0n) is 27.5. The van der Waals surface area contributed by atoms with Gasteiger partial charge in [-0.3, -0.25) is 9.88 Å². The van der Waals surface area contributed by atoms with Gasteiger partial charge in [0.05, 0.1) is 30.6 Å². The van der Waals surface area contributed by atoms with Crippen LogP contribution in [-0.2, 0) is 4.74 Å². The normalized spacial score (nSPS) is 26.8. The van der Waals surface area contributed by atoms with E-state index in [0.717, 1.165) is 43.9 Å². The lowest BCUT2D eigenvalue weighted by Crippen LogP contribution is -2.57. The maximum atomic E-state index is 16.9. The molecule has 0 saturated carbocycles. The Morgan fingerprint density at radius 3 is 2.46 bits per heavy atom. The summed E-state index contributed by atoms with van der Waals surface area (Å²) >= 11 is 6.63. The number of fused-ring (bicyclic) bond motifs is 5. The van der Waals surface area contributed by atoms with Gasteiger partial charge < -0.3 is 24.2 Å². The zero-order chi connectivity index (χ0) is 33.4. The first-order valence-corrected chi connectivity index (χ1v) is 17.3. The lowest BCUT2D eigenvalue weighted by Gasteiger charge is -2.47. The number of carbonyl (C=O) groups is 1. The van der Waals surface area contributed by atoms with E-state index >= 15 is 4.39 Å². The molecule has 4 aromatic rings. The van der Waals surface area contributed by atoms with Gasteiger partial charge in [-0.2, -0.15) is 9.97 Å². The van der Waals surface area contributed by atoms with E-state index in [0.29, 0.717) is 53.4 Å². The summed E-state index contributed by atoms with van der Waals surface area (Å²) in [6, 6.07) is 11.0. The number of aromatic nitrogens is 3. The third-order valence-corrected chi connectivity index (χ3v) is 11.1. The van der Waals surface area contributed by atoms with Gasteiger partial charge in [-0.15, -0.1) is 0 Å². The number of carbonyl (C=O) groups excluding carboxylic acids is 1. The molecular formula is C36H40ClFN6O4. The average Bonchev–Trinajstić information content (AvgIpc) is 3.63. The van der Waals surface area contributed by atoms with Crippen LogP contribution in [0.2, 0.25) is 5.02 Å². The van der Waals surface area contributed by atoms with Crippen LogP contribution in [0.5, 0.6) is 6.01 Å². The Morgan fingerprint density at radius 1 is 1.08 bits per heavy atom. The second kappa shape index (κ2) is 11.4. The summed E-state index contributed by atoms with van der Waals surface area (Å²) in [5.74, 6) is -0.0968. The number of hydrogen-bond acceptors (Lipinski definition) is 8. The highest BCUT2D eigenvalue weighted by Gasteiger charge is 2.54. The average molecular weight is 675 g/mol. The monoisotopic (exact) mass is 674 g/mol. The van der Waals surface area contributed by atoms with Gasteiger partial charge in [-0.05, 0) is 45.1 Å². The van der Waals surface area contributed by atoms with Crippen molar-refractivity contribution in [1.82, 2.24) is 19.9 Å². The third kappa shape index (κ3) is 5.13. The summed E-state index contributed by atoms with van der Waals surface area (Å²) in [7, 11) is 0. The Labute approximate surface area is 284 Å². The maximum Gasteiger partial charge on any atom is 0.410 e. The van der Waals surface area contributed by atoms with Crippen molar-refractivity contribution in [3.63, 3.8) is 0 Å². The molecule has 2 aromatic heterocycles. The molecule has 48 heavy (non-hydrogen) atoms. The van der Waals surface area contributed by atoms with E-state index in [1.54, 1.807) is 12.3 Å². The molecule has 252 valence electrons. The van der Waals surface area contributed by atoms with Crippen molar-refractivity contribution in [3.05, 3.63) is 58.6 Å². The summed E-state index contributed by atoms with van der Waals surface area (Å²) in [5, 5.41) is 16.2. The molecule has 2 bridgehead atoms. The minimum atomic E-state index is -0.601. The van der Waals surface area contributed by atoms with Crippen molar-refractivity contribution in [2.24, 2.45) is 0 Å². The van der Waals surface area contributed by atoms with Crippen LogP contribution in [0.4, 0.5) is 15.0 Å². The fourth-order valence-electron chi connectivity index (χ4n) is 8.60. The van der Waals surface area contributed by atoms with Gasteiger partial charge in [0.15, 0.2) is 5.82 Å². The molecule has 4 aliphatic rings. The van der Waals surface area contributed by atoms with Crippen LogP contribution in [0.3, 0.4) is 0 Å². The molecule has 0 aliphatic carbocycles. The molecule has 2 atom stereocenters. The number of nitrogens with zero attached hydrogens (tertiary/aromatic N) is 6. The Balaban J connectivity index is 1.20. The van der Waals surface area contributed by atoms with E-state index in [4.69, 9.17) is 26.1 Å². The topological polar surface area (TPSA) is 104 Å². The third-order valence-electron chi connectivity index (χ3n) is 10.8. The van der Waals surface area contributed by atoms with E-state index in [-0.39, 0.29) is 46.7 Å². The van der Waals surface area contributed by atoms with Gasteiger partial charge in [0.25, 0.3) is 0 Å². The Hall–Kier alpha value is -3.80. The predicted octanol–water partition coefficient (Wildman–Crippen LogP) is 7.25. The number of ether oxygens (including phenoxy) is 2. The summed E-state index contributed by atoms with van der Waals surface area (Å²) in [6.07, 6.45) is 6.26. The van der Waals surface area contributed by atoms with Crippen LogP contribution in [0, 0.1) is 11.0 Å². The van der Waals surface area contributed by atoms with Gasteiger partial charge in [-0.1, -0.05) is 41.9 Å². The second-order valence-electron chi connectivity index (χ2n) is 14.9. The molecule has 4 saturated heterocycles. The van der Waals surface area contributed by atoms with Gasteiger partial charge in [0.2, 0.25) is 0 Å². The number of rotatable bonds is 5. The molecular weight excluding hydrogens is 635 g/mol. The maximum absolute atomic E-state index is 16.9. The molecule has 0 N–H and O–H groups in total. The highest BCUT2D eigenvalue weighted by molar-refractivity contribution is 6.36. The molecule has 1 amide bonds. The van der Waals surface area contributed by atoms with Gasteiger partial charge in [0, 0.05) is 60.9 Å². The molecule has 4 fully saturated rings. The number of hydrogen-bond donors (Lipinski definition) is 0. The number of amides is 1. The van der Waals surface area contributed by atoms with Gasteiger partial charge in [-0.25, -0.2) is 9.18 Å². The van der Waals surface area contributed by atoms with Gasteiger partial charge >= 0.3 is 12.1 Å². The summed E-state index contributed by atoms with van der Waals surface area (Å²) < 4.78 is 28.7. The summed E-state index contributed by atoms with van der Waals surface area (Å²) in [6.45, 7) is 7.95. The SMILES string of the molecule is CC(C)(C)OC(=O)N1[C@@H]2CC[C@H]1CN(c1nc(OCC34CCC[N+]3([O-])CCC4)nc3c(F)c(-c4cccc5cccc(Cl)c45)ncc13)C2. The van der Waals surface area contributed by atoms with Crippen LogP contribution >= 0.6 is 11.6 Å². The zero-order valence-corrected chi connectivity index (χ0v) is 28.3. The van der Waals surface area contributed by atoms with Crippen molar-refractivity contribution in [3.8, 4) is 17.3 Å². The number of quaternary nitrogens is 1. The van der Waals surface area contributed by atoms with Crippen molar-refractivity contribution in [2.45, 2.75) is 82.5 Å². The number of benzene rings is 2. The first-order chi connectivity index (χ1) is 23.0. The molecule has 0 radical (unpaired) electrons. The van der Waals surface area contributed by atoms with Crippen molar-refractivity contribution < 1.29 is 23.3 Å². The van der Waals surface area contributed by atoms with E-state index in [1.807, 2.05) is 56.0 Å². The first-order valence-electron chi connectivity index (χ1n) is 17.0. The lowest BCUT2D eigenvalue weighted by molar-refractivity contribution is -0.905. The molecule has 0 unspecified atom stereocenters. The minimum Gasteiger partial charge on any atom is -0.632 e. The van der Waals surface area contributed by atoms with Crippen LogP contribution in [0.1, 0.15) is 59.3 Å². The molecule has 12 heteroatoms. The Kier molecular flexibility index (Phi) is 7.46. The van der Waals surface area contributed by atoms with Crippen molar-refractivity contribution in [1.29, 1.82) is 0 Å². The van der Waals surface area contributed by atoms with Crippen molar-refractivity contribution >= 4 is 45.2 Å². The standard InChI is InChI=1S/C36H40ClFN6O4/c1-35(2,3)48-34(45)43-23-12-13-24(43)20-42(19-23)32-26-18-39-30(25-10-4-8-22-9-5-11-27(37)28(22)25)29(38)31(26)40-33(41-32)47-21-36-14-6-16-44(36,46)17-7-15-36/h4-5,8-11,18,23-24H,6-7,12-17,19-21H2,1-3H3/t23-,24+,36?,44?. The molecule has 0 spiro atoms. The van der Waals surface area contributed by atoms with Crippen LogP contribution < -0.4 is 9.64 Å². The van der Waals surface area contributed by atoms with E-state index in [1.165, 1.54) is 0 Å². The lowest BCUT2D eigenvalue weighted by atomic mass is 9.95.